The quantitative estimate of drug-likeness (QED) is 0.340. The van der Waals surface area contributed by atoms with Crippen LogP contribution in [0.25, 0.3) is 0 Å². The third-order valence-corrected chi connectivity index (χ3v) is 11.9. The highest BCUT2D eigenvalue weighted by molar-refractivity contribution is 7.00. The predicted octanol–water partition coefficient (Wildman–Crippen LogP) is 6.29. The standard InChI is InChI=1S/C30H34O3Si/c1-30(2,3)34(27-10-6-4-7-11-27,28-12-8-5-9-13-28)33-26-20-18-25(19-21-26)24-16-14-23(15-17-24)22-29(31)32/h4-13,18-22,24H,14-17H2,1-3H3,(H,31,32). The fourth-order valence-corrected chi connectivity index (χ4v) is 9.70. The van der Waals surface area contributed by atoms with Gasteiger partial charge < -0.3 is 9.53 Å². The molecule has 1 N–H and O–H groups in total. The molecule has 0 amide bonds. The van der Waals surface area contributed by atoms with Crippen molar-refractivity contribution in [3.63, 3.8) is 0 Å². The Kier molecular flexibility index (Phi) is 7.08. The number of carbonyl (C=O) groups is 1. The number of aliphatic carboxylic acids is 1. The lowest BCUT2D eigenvalue weighted by molar-refractivity contribution is -0.131. The van der Waals surface area contributed by atoms with Crippen molar-refractivity contribution in [1.29, 1.82) is 0 Å². The van der Waals surface area contributed by atoms with Gasteiger partial charge in [0.25, 0.3) is 0 Å². The predicted molar refractivity (Wildman–Crippen MR) is 142 cm³/mol. The van der Waals surface area contributed by atoms with E-state index in [2.05, 4.69) is 106 Å². The molecule has 34 heavy (non-hydrogen) atoms. The lowest BCUT2D eigenvalue weighted by Crippen LogP contribution is -2.68. The fourth-order valence-electron chi connectivity index (χ4n) is 5.28. The van der Waals surface area contributed by atoms with Crippen LogP contribution in [-0.2, 0) is 4.79 Å². The van der Waals surface area contributed by atoms with E-state index in [1.54, 1.807) is 0 Å². The molecular weight excluding hydrogens is 436 g/mol. The first-order valence-corrected chi connectivity index (χ1v) is 14.0. The van der Waals surface area contributed by atoms with E-state index in [9.17, 15) is 4.79 Å². The molecule has 0 bridgehead atoms. The minimum absolute atomic E-state index is 0.0787. The van der Waals surface area contributed by atoms with Gasteiger partial charge in [-0.25, -0.2) is 4.79 Å². The Hall–Kier alpha value is -3.11. The van der Waals surface area contributed by atoms with Crippen LogP contribution in [0.2, 0.25) is 5.04 Å². The Morgan fingerprint density at radius 1 is 0.853 bits per heavy atom. The van der Waals surface area contributed by atoms with Gasteiger partial charge in [0.1, 0.15) is 5.75 Å². The van der Waals surface area contributed by atoms with Crippen LogP contribution in [0.15, 0.2) is 96.6 Å². The molecule has 0 spiro atoms. The average molecular weight is 471 g/mol. The molecule has 0 unspecified atom stereocenters. The van der Waals surface area contributed by atoms with E-state index < -0.39 is 14.3 Å². The molecule has 1 aliphatic rings. The van der Waals surface area contributed by atoms with Crippen LogP contribution < -0.4 is 14.8 Å². The van der Waals surface area contributed by atoms with Gasteiger partial charge in [-0.2, -0.15) is 0 Å². The first kappa shape index (κ1) is 24.0. The van der Waals surface area contributed by atoms with Crippen LogP contribution in [0.1, 0.15) is 57.9 Å². The highest BCUT2D eigenvalue weighted by atomic mass is 28.4. The van der Waals surface area contributed by atoms with E-state index in [-0.39, 0.29) is 5.04 Å². The Balaban J connectivity index is 1.64. The largest absolute Gasteiger partial charge is 0.534 e. The van der Waals surface area contributed by atoms with Gasteiger partial charge in [0, 0.05) is 6.08 Å². The molecule has 0 atom stereocenters. The number of rotatable bonds is 6. The summed E-state index contributed by atoms with van der Waals surface area (Å²) >= 11 is 0. The summed E-state index contributed by atoms with van der Waals surface area (Å²) in [5, 5.41) is 11.5. The number of hydrogen-bond acceptors (Lipinski definition) is 2. The summed E-state index contributed by atoms with van der Waals surface area (Å²) in [4.78, 5) is 11.0. The molecule has 0 heterocycles. The van der Waals surface area contributed by atoms with E-state index in [1.807, 2.05) is 0 Å². The van der Waals surface area contributed by atoms with Gasteiger partial charge in [-0.1, -0.05) is 99.1 Å². The van der Waals surface area contributed by atoms with Gasteiger partial charge in [0.15, 0.2) is 0 Å². The first-order chi connectivity index (χ1) is 16.3. The van der Waals surface area contributed by atoms with Gasteiger partial charge in [0.05, 0.1) is 0 Å². The zero-order valence-electron chi connectivity index (χ0n) is 20.3. The molecular formula is C30H34O3Si. The number of hydrogen-bond donors (Lipinski definition) is 1. The smallest absolute Gasteiger partial charge is 0.328 e. The number of carboxylic acids is 1. The van der Waals surface area contributed by atoms with Gasteiger partial charge in [0.2, 0.25) is 0 Å². The second-order valence-electron chi connectivity index (χ2n) is 10.2. The van der Waals surface area contributed by atoms with Crippen molar-refractivity contribution in [2.24, 2.45) is 0 Å². The molecule has 3 aromatic rings. The van der Waals surface area contributed by atoms with Crippen molar-refractivity contribution in [1.82, 2.24) is 0 Å². The van der Waals surface area contributed by atoms with Crippen molar-refractivity contribution in [2.45, 2.75) is 57.4 Å². The maximum Gasteiger partial charge on any atom is 0.328 e. The molecule has 4 rings (SSSR count). The molecule has 176 valence electrons. The maximum atomic E-state index is 11.0. The fraction of sp³-hybridized carbons (Fsp3) is 0.300. The van der Waals surface area contributed by atoms with Crippen LogP contribution in [0, 0.1) is 0 Å². The van der Waals surface area contributed by atoms with Crippen LogP contribution >= 0.6 is 0 Å². The van der Waals surface area contributed by atoms with E-state index in [1.165, 1.54) is 22.0 Å². The minimum atomic E-state index is -2.63. The van der Waals surface area contributed by atoms with Crippen LogP contribution in [-0.4, -0.2) is 19.4 Å². The SMILES string of the molecule is CC(C)(C)[Si](Oc1ccc(C2CCC(=CC(=O)O)CC2)cc1)(c1ccccc1)c1ccccc1. The lowest BCUT2D eigenvalue weighted by Gasteiger charge is -2.43. The molecule has 3 nitrogen and oxygen atoms in total. The third-order valence-electron chi connectivity index (χ3n) is 6.99. The molecule has 1 saturated carbocycles. The van der Waals surface area contributed by atoms with Crippen molar-refractivity contribution in [2.75, 3.05) is 0 Å². The van der Waals surface area contributed by atoms with Crippen LogP contribution in [0.3, 0.4) is 0 Å². The number of carboxylic acid groups (broad SMARTS) is 1. The summed E-state index contributed by atoms with van der Waals surface area (Å²) in [6.45, 7) is 6.87. The zero-order chi connectivity index (χ0) is 24.2. The Morgan fingerprint density at radius 2 is 1.35 bits per heavy atom. The molecule has 1 fully saturated rings. The Bertz CT molecular complexity index is 1080. The van der Waals surface area contributed by atoms with Crippen LogP contribution in [0.4, 0.5) is 0 Å². The monoisotopic (exact) mass is 470 g/mol. The summed E-state index contributed by atoms with van der Waals surface area (Å²) in [6.07, 6.45) is 5.09. The zero-order valence-corrected chi connectivity index (χ0v) is 21.3. The molecule has 0 saturated heterocycles. The molecule has 0 aliphatic heterocycles. The number of allylic oxidation sites excluding steroid dienone is 1. The van der Waals surface area contributed by atoms with Crippen molar-refractivity contribution >= 4 is 24.7 Å². The second kappa shape index (κ2) is 10.0. The topological polar surface area (TPSA) is 46.5 Å². The lowest BCUT2D eigenvalue weighted by atomic mass is 9.81. The van der Waals surface area contributed by atoms with Gasteiger partial charge in [-0.15, -0.1) is 0 Å². The summed E-state index contributed by atoms with van der Waals surface area (Å²) in [5.41, 5.74) is 2.36. The minimum Gasteiger partial charge on any atom is -0.534 e. The normalized spacial score (nSPS) is 16.7. The van der Waals surface area contributed by atoms with Crippen molar-refractivity contribution < 1.29 is 14.3 Å². The van der Waals surface area contributed by atoms with Gasteiger partial charge in [-0.3, -0.25) is 0 Å². The summed E-state index contributed by atoms with van der Waals surface area (Å²) in [7, 11) is -2.63. The molecule has 3 aromatic carbocycles. The highest BCUT2D eigenvalue weighted by Crippen LogP contribution is 2.39. The number of benzene rings is 3. The first-order valence-electron chi connectivity index (χ1n) is 12.1. The summed E-state index contributed by atoms with van der Waals surface area (Å²) in [5.74, 6) is 0.534. The highest BCUT2D eigenvalue weighted by Gasteiger charge is 2.52. The Morgan fingerprint density at radius 3 is 1.79 bits per heavy atom. The van der Waals surface area contributed by atoms with Gasteiger partial charge >= 0.3 is 14.3 Å². The molecule has 1 aliphatic carbocycles. The third kappa shape index (κ3) is 5.02. The molecule has 0 aromatic heterocycles. The average Bonchev–Trinajstić information content (AvgIpc) is 2.83. The van der Waals surface area contributed by atoms with E-state index >= 15 is 0 Å². The van der Waals surface area contributed by atoms with E-state index in [4.69, 9.17) is 9.53 Å². The van der Waals surface area contributed by atoms with Crippen molar-refractivity contribution in [3.8, 4) is 5.75 Å². The maximum absolute atomic E-state index is 11.0. The van der Waals surface area contributed by atoms with Gasteiger partial charge in [-0.05, 0) is 64.7 Å². The second-order valence-corrected chi connectivity index (χ2v) is 14.5. The van der Waals surface area contributed by atoms with Crippen molar-refractivity contribution in [3.05, 3.63) is 102 Å². The van der Waals surface area contributed by atoms with E-state index in [0.29, 0.717) is 5.92 Å². The Labute approximate surface area is 204 Å². The van der Waals surface area contributed by atoms with Crippen LogP contribution in [0.5, 0.6) is 5.75 Å². The van der Waals surface area contributed by atoms with E-state index in [0.717, 1.165) is 37.0 Å². The molecule has 0 radical (unpaired) electrons. The summed E-state index contributed by atoms with van der Waals surface area (Å²) < 4.78 is 7.11. The molecule has 4 heteroatoms. The summed E-state index contributed by atoms with van der Waals surface area (Å²) in [6, 6.07) is 30.0.